The number of anilines is 1. The molecule has 122 valence electrons. The Labute approximate surface area is 154 Å². The smallest absolute Gasteiger partial charge is 0.262 e. The van der Waals surface area contributed by atoms with Crippen molar-refractivity contribution >= 4 is 34.6 Å². The molecule has 1 aromatic heterocycles. The van der Waals surface area contributed by atoms with Gasteiger partial charge >= 0.3 is 0 Å². The van der Waals surface area contributed by atoms with Crippen LogP contribution in [-0.2, 0) is 7.05 Å². The van der Waals surface area contributed by atoms with Crippen molar-refractivity contribution in [1.82, 2.24) is 9.78 Å². The first-order chi connectivity index (χ1) is 11.6. The van der Waals surface area contributed by atoms with Crippen molar-refractivity contribution in [1.29, 1.82) is 0 Å². The second-order valence-electron chi connectivity index (χ2n) is 5.46. The van der Waals surface area contributed by atoms with Gasteiger partial charge < -0.3 is 8.38 Å². The van der Waals surface area contributed by atoms with Gasteiger partial charge in [0, 0.05) is 24.5 Å². The lowest BCUT2D eigenvalue weighted by atomic mass is 10.0. The van der Waals surface area contributed by atoms with E-state index >= 15 is 0 Å². The third kappa shape index (κ3) is 3.43. The number of benzene rings is 2. The van der Waals surface area contributed by atoms with Gasteiger partial charge in [-0.25, -0.2) is 0 Å². The van der Waals surface area contributed by atoms with Crippen LogP contribution in [-0.4, -0.2) is 15.7 Å². The molecule has 0 spiro atoms. The predicted molar refractivity (Wildman–Crippen MR) is 102 cm³/mol. The Morgan fingerprint density at radius 1 is 1.17 bits per heavy atom. The number of para-hydroxylation sites is 1. The summed E-state index contributed by atoms with van der Waals surface area (Å²) in [6.45, 7) is 2.05. The van der Waals surface area contributed by atoms with Gasteiger partial charge in [0.15, 0.2) is 23.0 Å². The van der Waals surface area contributed by atoms with E-state index in [1.165, 1.54) is 5.56 Å². The fraction of sp³-hybridized carbons (Fsp3) is 0.111. The number of aromatic nitrogens is 2. The number of nitrogens with one attached hydrogen (secondary N) is 1. The highest BCUT2D eigenvalue weighted by Gasteiger charge is 2.18. The van der Waals surface area contributed by atoms with E-state index in [9.17, 15) is 4.79 Å². The van der Waals surface area contributed by atoms with E-state index in [1.54, 1.807) is 40.9 Å². The lowest BCUT2D eigenvalue weighted by molar-refractivity contribution is 0.102. The van der Waals surface area contributed by atoms with Crippen LogP contribution in [0, 0.1) is 6.92 Å². The molecule has 0 atom stereocenters. The van der Waals surface area contributed by atoms with Crippen molar-refractivity contribution in [3.63, 3.8) is 0 Å². The summed E-state index contributed by atoms with van der Waals surface area (Å²) in [7, 11) is 1.75. The molecule has 0 aliphatic heterocycles. The molecular formula is C18H16IN3O2. The fourth-order valence-electron chi connectivity index (χ4n) is 2.45. The van der Waals surface area contributed by atoms with Crippen LogP contribution in [0.3, 0.4) is 0 Å². The second-order valence-corrected chi connectivity index (χ2v) is 5.90. The minimum absolute atomic E-state index is 0.255. The second kappa shape index (κ2) is 7.04. The highest BCUT2D eigenvalue weighted by atomic mass is 127. The van der Waals surface area contributed by atoms with Crippen molar-refractivity contribution in [3.8, 4) is 17.0 Å². The first-order valence-electron chi connectivity index (χ1n) is 7.38. The molecule has 0 fully saturated rings. The molecule has 1 heterocycles. The largest absolute Gasteiger partial charge is 0.406 e. The van der Waals surface area contributed by atoms with Crippen molar-refractivity contribution in [2.75, 3.05) is 5.32 Å². The van der Waals surface area contributed by atoms with Crippen LogP contribution >= 0.6 is 23.0 Å². The number of aryl methyl sites for hydroxylation is 2. The summed E-state index contributed by atoms with van der Waals surface area (Å²) in [5.41, 5.74) is 4.35. The highest BCUT2D eigenvalue weighted by Crippen LogP contribution is 2.29. The van der Waals surface area contributed by atoms with Gasteiger partial charge in [0.05, 0.1) is 0 Å². The van der Waals surface area contributed by atoms with Crippen molar-refractivity contribution in [2.24, 2.45) is 7.05 Å². The highest BCUT2D eigenvalue weighted by molar-refractivity contribution is 14.1. The molecule has 1 amide bonds. The fourth-order valence-corrected chi connectivity index (χ4v) is 2.77. The SMILES string of the molecule is Cc1ccc(-c2ccccc2NC(=O)c2cn(C)nc2OI)cc1. The van der Waals surface area contributed by atoms with Crippen molar-refractivity contribution < 1.29 is 7.86 Å². The maximum absolute atomic E-state index is 12.6. The molecule has 1 N–H and O–H groups in total. The number of rotatable bonds is 4. The average molecular weight is 433 g/mol. The number of halogens is 1. The van der Waals surface area contributed by atoms with E-state index in [4.69, 9.17) is 3.07 Å². The summed E-state index contributed by atoms with van der Waals surface area (Å²) in [6.07, 6.45) is 1.64. The van der Waals surface area contributed by atoms with Crippen LogP contribution in [0.4, 0.5) is 5.69 Å². The molecule has 6 heteroatoms. The number of carbonyl (C=O) groups is 1. The summed E-state index contributed by atoms with van der Waals surface area (Å²) in [5.74, 6) is 0.0396. The van der Waals surface area contributed by atoms with Gasteiger partial charge in [0.1, 0.15) is 5.56 Å². The third-order valence-electron chi connectivity index (χ3n) is 3.65. The Kier molecular flexibility index (Phi) is 4.84. The van der Waals surface area contributed by atoms with Crippen LogP contribution in [0.25, 0.3) is 11.1 Å². The van der Waals surface area contributed by atoms with Gasteiger partial charge in [0.2, 0.25) is 0 Å². The molecular weight excluding hydrogens is 417 g/mol. The number of amides is 1. The minimum atomic E-state index is -0.255. The molecule has 3 rings (SSSR count). The lowest BCUT2D eigenvalue weighted by Gasteiger charge is -2.11. The Balaban J connectivity index is 1.93. The van der Waals surface area contributed by atoms with E-state index in [1.807, 2.05) is 43.3 Å². The summed E-state index contributed by atoms with van der Waals surface area (Å²) in [5, 5.41) is 7.06. The molecule has 0 saturated heterocycles. The normalized spacial score (nSPS) is 10.5. The number of hydrogen-bond acceptors (Lipinski definition) is 3. The molecule has 2 aromatic carbocycles. The molecule has 0 aliphatic rings. The van der Waals surface area contributed by atoms with Gasteiger partial charge in [0.25, 0.3) is 11.8 Å². The average Bonchev–Trinajstić information content (AvgIpc) is 2.97. The van der Waals surface area contributed by atoms with Crippen LogP contribution in [0.15, 0.2) is 54.7 Å². The molecule has 3 aromatic rings. The Hall–Kier alpha value is -2.35. The minimum Gasteiger partial charge on any atom is -0.406 e. The number of nitrogens with zero attached hydrogens (tertiary/aromatic N) is 2. The maximum Gasteiger partial charge on any atom is 0.262 e. The zero-order valence-electron chi connectivity index (χ0n) is 13.3. The summed E-state index contributed by atoms with van der Waals surface area (Å²) >= 11 is 1.72. The van der Waals surface area contributed by atoms with E-state index < -0.39 is 0 Å². The molecule has 0 radical (unpaired) electrons. The molecule has 5 nitrogen and oxygen atoms in total. The van der Waals surface area contributed by atoms with Crippen LogP contribution in [0.2, 0.25) is 0 Å². The van der Waals surface area contributed by atoms with E-state index in [0.717, 1.165) is 16.8 Å². The maximum atomic E-state index is 12.6. The standard InChI is InChI=1S/C18H16IN3O2/c1-12-7-9-13(10-8-12)14-5-3-4-6-16(14)20-17(23)15-11-22(2)21-18(15)24-19/h3-11H,1-2H3,(H,20,23). The van der Waals surface area contributed by atoms with Crippen LogP contribution in [0.1, 0.15) is 15.9 Å². The lowest BCUT2D eigenvalue weighted by Crippen LogP contribution is -2.12. The van der Waals surface area contributed by atoms with Gasteiger partial charge in [-0.2, -0.15) is 0 Å². The van der Waals surface area contributed by atoms with Gasteiger partial charge in [-0.3, -0.25) is 9.48 Å². The van der Waals surface area contributed by atoms with Crippen LogP contribution in [0.5, 0.6) is 5.88 Å². The van der Waals surface area contributed by atoms with Gasteiger partial charge in [-0.1, -0.05) is 48.0 Å². The van der Waals surface area contributed by atoms with Crippen molar-refractivity contribution in [2.45, 2.75) is 6.92 Å². The van der Waals surface area contributed by atoms with Crippen molar-refractivity contribution in [3.05, 3.63) is 65.9 Å². The molecule has 0 saturated carbocycles. The van der Waals surface area contributed by atoms with E-state index in [0.29, 0.717) is 11.4 Å². The topological polar surface area (TPSA) is 56.2 Å². The molecule has 0 unspecified atom stereocenters. The Morgan fingerprint density at radius 2 is 1.88 bits per heavy atom. The summed E-state index contributed by atoms with van der Waals surface area (Å²) in [4.78, 5) is 12.6. The first-order valence-corrected chi connectivity index (χ1v) is 8.26. The summed E-state index contributed by atoms with van der Waals surface area (Å²) < 4.78 is 6.68. The van der Waals surface area contributed by atoms with E-state index in [2.05, 4.69) is 22.5 Å². The molecule has 0 bridgehead atoms. The predicted octanol–water partition coefficient (Wildman–Crippen LogP) is 4.38. The number of carbonyl (C=O) groups excluding carboxylic acids is 1. The summed E-state index contributed by atoms with van der Waals surface area (Å²) in [6, 6.07) is 15.9. The monoisotopic (exact) mass is 433 g/mol. The third-order valence-corrected chi connectivity index (χ3v) is 4.07. The van der Waals surface area contributed by atoms with Gasteiger partial charge in [-0.15, -0.1) is 5.10 Å². The first kappa shape index (κ1) is 16.5. The van der Waals surface area contributed by atoms with Crippen LogP contribution < -0.4 is 8.38 Å². The molecule has 0 aliphatic carbocycles. The Bertz CT molecular complexity index is 872. The number of hydrogen-bond donors (Lipinski definition) is 1. The zero-order valence-corrected chi connectivity index (χ0v) is 15.4. The van der Waals surface area contributed by atoms with E-state index in [-0.39, 0.29) is 5.91 Å². The molecule has 24 heavy (non-hydrogen) atoms. The quantitative estimate of drug-likeness (QED) is 0.622. The van der Waals surface area contributed by atoms with Gasteiger partial charge in [-0.05, 0) is 18.6 Å². The Morgan fingerprint density at radius 3 is 2.58 bits per heavy atom. The zero-order chi connectivity index (χ0) is 17.1.